The Bertz CT molecular complexity index is 774. The van der Waals surface area contributed by atoms with Gasteiger partial charge in [0.2, 0.25) is 5.88 Å². The van der Waals surface area contributed by atoms with Crippen molar-refractivity contribution in [1.29, 1.82) is 0 Å². The maximum absolute atomic E-state index is 12.6. The van der Waals surface area contributed by atoms with Crippen LogP contribution in [-0.2, 0) is 6.18 Å². The summed E-state index contributed by atoms with van der Waals surface area (Å²) in [6.45, 7) is 2.46. The first-order valence-corrected chi connectivity index (χ1v) is 7.65. The van der Waals surface area contributed by atoms with E-state index in [-0.39, 0.29) is 31.1 Å². The van der Waals surface area contributed by atoms with Crippen molar-refractivity contribution in [2.45, 2.75) is 19.2 Å². The maximum atomic E-state index is 12.6. The highest BCUT2D eigenvalue weighted by Gasteiger charge is 2.35. The van der Waals surface area contributed by atoms with Crippen LogP contribution in [0, 0.1) is 6.92 Å². The fourth-order valence-electron chi connectivity index (χ4n) is 2.40. The van der Waals surface area contributed by atoms with E-state index in [0.29, 0.717) is 0 Å². The summed E-state index contributed by atoms with van der Waals surface area (Å²) in [5.41, 5.74) is 0.659. The van der Waals surface area contributed by atoms with Gasteiger partial charge in [-0.3, -0.25) is 0 Å². The Labute approximate surface area is 142 Å². The lowest BCUT2D eigenvalue weighted by Gasteiger charge is -2.38. The number of hydrogen-bond acceptors (Lipinski definition) is 3. The minimum absolute atomic E-state index is 0.0983. The molecule has 1 saturated heterocycles. The smallest absolute Gasteiger partial charge is 0.433 e. The number of likely N-dealkylation sites (tertiary alicyclic amines) is 1. The van der Waals surface area contributed by atoms with E-state index in [1.165, 1.54) is 17.0 Å². The number of aromatic nitrogens is 1. The molecule has 0 saturated carbocycles. The number of nitrogens with one attached hydrogen (secondary N) is 1. The van der Waals surface area contributed by atoms with E-state index in [1.807, 2.05) is 25.1 Å². The van der Waals surface area contributed by atoms with E-state index >= 15 is 0 Å². The number of carbonyl (C=O) groups is 1. The number of carbonyl (C=O) groups excluding carboxylic acids is 1. The fraction of sp³-hybridized carbons (Fsp3) is 0.294. The first kappa shape index (κ1) is 17.1. The number of urea groups is 1. The Morgan fingerprint density at radius 2 is 1.92 bits per heavy atom. The Morgan fingerprint density at radius 1 is 1.20 bits per heavy atom. The zero-order valence-corrected chi connectivity index (χ0v) is 13.4. The molecule has 1 aliphatic rings. The lowest BCUT2D eigenvalue weighted by molar-refractivity contribution is -0.141. The molecule has 0 radical (unpaired) electrons. The number of benzene rings is 1. The van der Waals surface area contributed by atoms with Crippen molar-refractivity contribution in [1.82, 2.24) is 9.88 Å². The number of halogens is 3. The number of anilines is 1. The van der Waals surface area contributed by atoms with Crippen LogP contribution in [0.25, 0.3) is 0 Å². The number of ether oxygens (including phenoxy) is 1. The topological polar surface area (TPSA) is 54.5 Å². The van der Waals surface area contributed by atoms with Gasteiger partial charge in [-0.2, -0.15) is 13.2 Å². The molecule has 5 nitrogen and oxygen atoms in total. The average Bonchev–Trinajstić information content (AvgIpc) is 2.52. The number of pyridine rings is 1. The van der Waals surface area contributed by atoms with Crippen LogP contribution in [0.4, 0.5) is 23.7 Å². The third-order valence-electron chi connectivity index (χ3n) is 3.82. The quantitative estimate of drug-likeness (QED) is 0.917. The minimum Gasteiger partial charge on any atom is -0.471 e. The molecule has 1 aliphatic heterocycles. The first-order chi connectivity index (χ1) is 11.8. The molecular formula is C17H16F3N3O2. The minimum atomic E-state index is -4.52. The van der Waals surface area contributed by atoms with Gasteiger partial charge in [0.15, 0.2) is 0 Å². The highest BCUT2D eigenvalue weighted by atomic mass is 19.4. The van der Waals surface area contributed by atoms with Crippen molar-refractivity contribution in [2.24, 2.45) is 0 Å². The normalized spacial score (nSPS) is 14.8. The Kier molecular flexibility index (Phi) is 4.52. The lowest BCUT2D eigenvalue weighted by Crippen LogP contribution is -2.57. The second-order valence-electron chi connectivity index (χ2n) is 5.75. The number of alkyl halides is 3. The largest absolute Gasteiger partial charge is 0.471 e. The molecule has 2 heterocycles. The van der Waals surface area contributed by atoms with Gasteiger partial charge >= 0.3 is 12.2 Å². The third kappa shape index (κ3) is 4.01. The third-order valence-corrected chi connectivity index (χ3v) is 3.82. The monoisotopic (exact) mass is 351 g/mol. The molecule has 3 rings (SSSR count). The Morgan fingerprint density at radius 3 is 2.60 bits per heavy atom. The highest BCUT2D eigenvalue weighted by Crippen LogP contribution is 2.29. The summed E-state index contributed by atoms with van der Waals surface area (Å²) in [4.78, 5) is 17.1. The molecule has 2 aromatic rings. The van der Waals surface area contributed by atoms with Crippen molar-refractivity contribution in [3.63, 3.8) is 0 Å². The van der Waals surface area contributed by atoms with Crippen LogP contribution in [0.15, 0.2) is 42.5 Å². The molecule has 8 heteroatoms. The number of para-hydroxylation sites is 1. The van der Waals surface area contributed by atoms with E-state index in [2.05, 4.69) is 10.3 Å². The van der Waals surface area contributed by atoms with Gasteiger partial charge in [0, 0.05) is 11.8 Å². The predicted molar refractivity (Wildman–Crippen MR) is 85.4 cm³/mol. The van der Waals surface area contributed by atoms with Gasteiger partial charge in [0.1, 0.15) is 11.8 Å². The van der Waals surface area contributed by atoms with Gasteiger partial charge in [0.05, 0.1) is 13.1 Å². The lowest BCUT2D eigenvalue weighted by atomic mass is 10.1. The van der Waals surface area contributed by atoms with E-state index in [0.717, 1.165) is 17.3 Å². The van der Waals surface area contributed by atoms with Crippen LogP contribution in [0.5, 0.6) is 5.88 Å². The molecule has 1 aromatic heterocycles. The molecule has 25 heavy (non-hydrogen) atoms. The molecule has 0 atom stereocenters. The molecule has 1 N–H and O–H groups in total. The van der Waals surface area contributed by atoms with E-state index in [4.69, 9.17) is 4.74 Å². The molecular weight excluding hydrogens is 335 g/mol. The summed E-state index contributed by atoms with van der Waals surface area (Å²) in [7, 11) is 0. The molecule has 0 bridgehead atoms. The Hall–Kier alpha value is -2.77. The van der Waals surface area contributed by atoms with Crippen LogP contribution >= 0.6 is 0 Å². The highest BCUT2D eigenvalue weighted by molar-refractivity contribution is 5.90. The second-order valence-corrected chi connectivity index (χ2v) is 5.75. The maximum Gasteiger partial charge on any atom is 0.433 e. The summed E-state index contributed by atoms with van der Waals surface area (Å²) in [5.74, 6) is -0.0983. The van der Waals surface area contributed by atoms with Crippen molar-refractivity contribution >= 4 is 11.7 Å². The number of amides is 2. The second kappa shape index (κ2) is 6.62. The summed E-state index contributed by atoms with van der Waals surface area (Å²) >= 11 is 0. The van der Waals surface area contributed by atoms with Gasteiger partial charge in [0.25, 0.3) is 0 Å². The SMILES string of the molecule is Cc1ccccc1NC(=O)N1CC(Oc2cccc(C(F)(F)F)n2)C1. The molecule has 0 spiro atoms. The summed E-state index contributed by atoms with van der Waals surface area (Å²) in [6, 6.07) is 10.6. The predicted octanol–water partition coefficient (Wildman–Crippen LogP) is 3.70. The molecule has 1 fully saturated rings. The van der Waals surface area contributed by atoms with Gasteiger partial charge in [-0.25, -0.2) is 9.78 Å². The fourth-order valence-corrected chi connectivity index (χ4v) is 2.40. The van der Waals surface area contributed by atoms with E-state index < -0.39 is 11.9 Å². The molecule has 132 valence electrons. The van der Waals surface area contributed by atoms with Gasteiger partial charge < -0.3 is 15.0 Å². The molecule has 0 aliphatic carbocycles. The van der Waals surface area contributed by atoms with Crippen molar-refractivity contribution in [2.75, 3.05) is 18.4 Å². The van der Waals surface area contributed by atoms with Crippen LogP contribution in [0.2, 0.25) is 0 Å². The zero-order chi connectivity index (χ0) is 18.0. The van der Waals surface area contributed by atoms with Gasteiger partial charge in [-0.1, -0.05) is 24.3 Å². The van der Waals surface area contributed by atoms with Crippen molar-refractivity contribution in [3.8, 4) is 5.88 Å². The van der Waals surface area contributed by atoms with E-state index in [9.17, 15) is 18.0 Å². The van der Waals surface area contributed by atoms with Crippen LogP contribution in [-0.4, -0.2) is 35.1 Å². The van der Waals surface area contributed by atoms with Gasteiger partial charge in [-0.05, 0) is 24.6 Å². The van der Waals surface area contributed by atoms with Gasteiger partial charge in [-0.15, -0.1) is 0 Å². The standard InChI is InChI=1S/C17H16F3N3O2/c1-11-5-2-3-6-13(11)21-16(24)23-9-12(10-23)25-15-8-4-7-14(22-15)17(18,19)20/h2-8,12H,9-10H2,1H3,(H,21,24). The molecule has 2 amide bonds. The Balaban J connectivity index is 1.53. The number of hydrogen-bond donors (Lipinski definition) is 1. The van der Waals surface area contributed by atoms with E-state index in [1.54, 1.807) is 6.07 Å². The molecule has 1 aromatic carbocycles. The zero-order valence-electron chi connectivity index (χ0n) is 13.4. The summed E-state index contributed by atoms with van der Waals surface area (Å²) < 4.78 is 43.3. The van der Waals surface area contributed by atoms with Crippen LogP contribution in [0.1, 0.15) is 11.3 Å². The number of nitrogens with zero attached hydrogens (tertiary/aromatic N) is 2. The van der Waals surface area contributed by atoms with Crippen molar-refractivity contribution < 1.29 is 22.7 Å². The molecule has 0 unspecified atom stereocenters. The summed E-state index contributed by atoms with van der Waals surface area (Å²) in [5, 5.41) is 2.79. The average molecular weight is 351 g/mol. The summed E-state index contributed by atoms with van der Waals surface area (Å²) in [6.07, 6.45) is -4.89. The number of aryl methyl sites for hydroxylation is 1. The van der Waals surface area contributed by atoms with Crippen LogP contribution < -0.4 is 10.1 Å². The van der Waals surface area contributed by atoms with Crippen LogP contribution in [0.3, 0.4) is 0 Å². The first-order valence-electron chi connectivity index (χ1n) is 7.65. The van der Waals surface area contributed by atoms with Crippen molar-refractivity contribution in [3.05, 3.63) is 53.7 Å². The number of rotatable bonds is 3.